The molecule has 0 bridgehead atoms. The summed E-state index contributed by atoms with van der Waals surface area (Å²) < 4.78 is 0. The predicted octanol–water partition coefficient (Wildman–Crippen LogP) is 4.43. The summed E-state index contributed by atoms with van der Waals surface area (Å²) in [7, 11) is 0. The Kier molecular flexibility index (Phi) is 5.22. The molecular weight excluding hydrogens is 364 g/mol. The molecular formula is C24H26N2O3. The van der Waals surface area contributed by atoms with E-state index in [1.165, 1.54) is 4.90 Å². The third-order valence-corrected chi connectivity index (χ3v) is 6.20. The third-order valence-electron chi connectivity index (χ3n) is 6.20. The van der Waals surface area contributed by atoms with Crippen LogP contribution in [-0.4, -0.2) is 17.7 Å². The van der Waals surface area contributed by atoms with Crippen LogP contribution in [0.15, 0.2) is 48.5 Å². The van der Waals surface area contributed by atoms with Crippen molar-refractivity contribution in [1.82, 2.24) is 0 Å². The number of anilines is 2. The van der Waals surface area contributed by atoms with Gasteiger partial charge in [-0.25, -0.2) is 0 Å². The van der Waals surface area contributed by atoms with Crippen molar-refractivity contribution in [2.75, 3.05) is 10.2 Å². The first kappa shape index (κ1) is 19.4. The smallest absolute Gasteiger partial charge is 0.255 e. The van der Waals surface area contributed by atoms with Crippen LogP contribution in [0.3, 0.4) is 0 Å². The third kappa shape index (κ3) is 3.57. The van der Waals surface area contributed by atoms with E-state index < -0.39 is 0 Å². The Balaban J connectivity index is 1.58. The van der Waals surface area contributed by atoms with Crippen molar-refractivity contribution in [3.8, 4) is 0 Å². The maximum absolute atomic E-state index is 13.0. The molecule has 4 rings (SSSR count). The molecule has 1 heterocycles. The van der Waals surface area contributed by atoms with Crippen molar-refractivity contribution >= 4 is 29.1 Å². The number of aryl methyl sites for hydroxylation is 1. The van der Waals surface area contributed by atoms with E-state index in [1.54, 1.807) is 24.3 Å². The molecule has 5 heteroatoms. The van der Waals surface area contributed by atoms with Crippen LogP contribution in [0.1, 0.15) is 49.0 Å². The molecule has 5 nitrogen and oxygen atoms in total. The summed E-state index contributed by atoms with van der Waals surface area (Å²) >= 11 is 0. The molecule has 1 saturated heterocycles. The predicted molar refractivity (Wildman–Crippen MR) is 113 cm³/mol. The van der Waals surface area contributed by atoms with Gasteiger partial charge in [0.1, 0.15) is 0 Å². The number of hydrogen-bond acceptors (Lipinski definition) is 3. The molecule has 3 amide bonds. The number of hydrogen-bond donors (Lipinski definition) is 1. The average Bonchev–Trinajstić information content (AvgIpc) is 2.98. The molecule has 1 saturated carbocycles. The highest BCUT2D eigenvalue weighted by Gasteiger charge is 2.50. The molecule has 2 aliphatic rings. The number of imide groups is 1. The Morgan fingerprint density at radius 2 is 1.79 bits per heavy atom. The van der Waals surface area contributed by atoms with Crippen LogP contribution in [-0.2, 0) is 16.0 Å². The summed E-state index contributed by atoms with van der Waals surface area (Å²) in [6.07, 6.45) is 3.32. The Hall–Kier alpha value is -2.95. The van der Waals surface area contributed by atoms with Gasteiger partial charge in [-0.3, -0.25) is 19.3 Å². The molecule has 0 spiro atoms. The molecule has 3 atom stereocenters. The molecule has 150 valence electrons. The molecule has 1 aliphatic heterocycles. The molecule has 2 aromatic rings. The summed E-state index contributed by atoms with van der Waals surface area (Å²) in [4.78, 5) is 40.0. The van der Waals surface area contributed by atoms with Crippen LogP contribution in [0, 0.1) is 17.8 Å². The Morgan fingerprint density at radius 3 is 2.59 bits per heavy atom. The number of amides is 3. The summed E-state index contributed by atoms with van der Waals surface area (Å²) in [5.41, 5.74) is 2.74. The average molecular weight is 390 g/mol. The van der Waals surface area contributed by atoms with Gasteiger partial charge >= 0.3 is 0 Å². The second kappa shape index (κ2) is 7.82. The van der Waals surface area contributed by atoms with Gasteiger partial charge in [-0.1, -0.05) is 38.1 Å². The molecule has 29 heavy (non-hydrogen) atoms. The Morgan fingerprint density at radius 1 is 1.03 bits per heavy atom. The fraction of sp³-hybridized carbons (Fsp3) is 0.375. The van der Waals surface area contributed by atoms with E-state index >= 15 is 0 Å². The van der Waals surface area contributed by atoms with Crippen LogP contribution >= 0.6 is 0 Å². The summed E-state index contributed by atoms with van der Waals surface area (Å²) in [5.74, 6) is -0.476. The maximum atomic E-state index is 13.0. The second-order valence-corrected chi connectivity index (χ2v) is 8.16. The van der Waals surface area contributed by atoms with E-state index in [0.29, 0.717) is 17.2 Å². The van der Waals surface area contributed by atoms with Gasteiger partial charge in [0, 0.05) is 11.3 Å². The van der Waals surface area contributed by atoms with Crippen LogP contribution in [0.4, 0.5) is 11.4 Å². The number of nitrogens with zero attached hydrogens (tertiary/aromatic N) is 1. The summed E-state index contributed by atoms with van der Waals surface area (Å²) in [6.45, 7) is 4.17. The fourth-order valence-corrected chi connectivity index (χ4v) is 4.58. The number of nitrogens with one attached hydrogen (secondary N) is 1. The van der Waals surface area contributed by atoms with E-state index in [1.807, 2.05) is 31.2 Å². The topological polar surface area (TPSA) is 66.5 Å². The van der Waals surface area contributed by atoms with E-state index in [0.717, 1.165) is 36.9 Å². The van der Waals surface area contributed by atoms with Crippen molar-refractivity contribution in [3.05, 3.63) is 59.7 Å². The van der Waals surface area contributed by atoms with Gasteiger partial charge in [0.25, 0.3) is 5.91 Å². The van der Waals surface area contributed by atoms with E-state index in [4.69, 9.17) is 0 Å². The lowest BCUT2D eigenvalue weighted by atomic mass is 9.76. The van der Waals surface area contributed by atoms with Gasteiger partial charge in [-0.2, -0.15) is 0 Å². The second-order valence-electron chi connectivity index (χ2n) is 8.16. The molecule has 2 aromatic carbocycles. The lowest BCUT2D eigenvalue weighted by Crippen LogP contribution is -2.31. The number of benzene rings is 2. The zero-order valence-electron chi connectivity index (χ0n) is 16.9. The van der Waals surface area contributed by atoms with Crippen molar-refractivity contribution in [1.29, 1.82) is 0 Å². The highest BCUT2D eigenvalue weighted by Crippen LogP contribution is 2.42. The highest BCUT2D eigenvalue weighted by atomic mass is 16.2. The zero-order valence-corrected chi connectivity index (χ0v) is 16.9. The molecule has 2 fully saturated rings. The molecule has 1 N–H and O–H groups in total. The lowest BCUT2D eigenvalue weighted by molar-refractivity contribution is -0.122. The maximum Gasteiger partial charge on any atom is 0.255 e. The normalized spacial score (nSPS) is 23.8. The van der Waals surface area contributed by atoms with E-state index in [9.17, 15) is 14.4 Å². The minimum Gasteiger partial charge on any atom is -0.322 e. The van der Waals surface area contributed by atoms with Crippen molar-refractivity contribution in [2.45, 2.75) is 39.5 Å². The zero-order chi connectivity index (χ0) is 20.5. The summed E-state index contributed by atoms with van der Waals surface area (Å²) in [5, 5.41) is 2.95. The molecule has 1 aliphatic carbocycles. The monoisotopic (exact) mass is 390 g/mol. The number of fused-ring (bicyclic) bond motifs is 1. The first-order chi connectivity index (χ1) is 14.0. The minimum atomic E-state index is -0.252. The fourth-order valence-electron chi connectivity index (χ4n) is 4.58. The highest BCUT2D eigenvalue weighted by molar-refractivity contribution is 6.22. The molecule has 0 unspecified atom stereocenters. The van der Waals surface area contributed by atoms with Gasteiger partial charge < -0.3 is 5.32 Å². The lowest BCUT2D eigenvalue weighted by Gasteiger charge is -2.25. The SMILES string of the molecule is CCc1ccccc1NC(=O)c1cccc(N2C(=O)[C@@H]3CC[C@@H](C)C[C@H]3C2=O)c1. The van der Waals surface area contributed by atoms with Crippen LogP contribution < -0.4 is 10.2 Å². The van der Waals surface area contributed by atoms with Gasteiger partial charge in [0.15, 0.2) is 0 Å². The van der Waals surface area contributed by atoms with E-state index in [-0.39, 0.29) is 29.6 Å². The number of carbonyl (C=O) groups excluding carboxylic acids is 3. The standard InChI is InChI=1S/C24H26N2O3/c1-3-16-7-4-5-10-21(16)25-22(27)17-8-6-9-18(14-17)26-23(28)19-12-11-15(2)13-20(19)24(26)29/h4-10,14-15,19-20H,3,11-13H2,1-2H3,(H,25,27)/t15-,19-,20-/m1/s1. The van der Waals surface area contributed by atoms with Crippen molar-refractivity contribution < 1.29 is 14.4 Å². The Bertz CT molecular complexity index is 968. The van der Waals surface area contributed by atoms with Crippen molar-refractivity contribution in [2.24, 2.45) is 17.8 Å². The van der Waals surface area contributed by atoms with E-state index in [2.05, 4.69) is 12.2 Å². The van der Waals surface area contributed by atoms with Gasteiger partial charge in [0.05, 0.1) is 17.5 Å². The van der Waals surface area contributed by atoms with Crippen LogP contribution in [0.2, 0.25) is 0 Å². The quantitative estimate of drug-likeness (QED) is 0.786. The van der Waals surface area contributed by atoms with Gasteiger partial charge in [-0.05, 0) is 61.4 Å². The first-order valence-corrected chi connectivity index (χ1v) is 10.4. The number of para-hydroxylation sites is 1. The molecule has 0 radical (unpaired) electrons. The number of carbonyl (C=O) groups is 3. The first-order valence-electron chi connectivity index (χ1n) is 10.4. The van der Waals surface area contributed by atoms with Gasteiger partial charge in [-0.15, -0.1) is 0 Å². The minimum absolute atomic E-state index is 0.124. The molecule has 0 aromatic heterocycles. The Labute approximate surface area is 171 Å². The van der Waals surface area contributed by atoms with Gasteiger partial charge in [0.2, 0.25) is 11.8 Å². The van der Waals surface area contributed by atoms with Crippen LogP contribution in [0.25, 0.3) is 0 Å². The summed E-state index contributed by atoms with van der Waals surface area (Å²) in [6, 6.07) is 14.5. The largest absolute Gasteiger partial charge is 0.322 e. The van der Waals surface area contributed by atoms with Crippen LogP contribution in [0.5, 0.6) is 0 Å². The van der Waals surface area contributed by atoms with Crippen molar-refractivity contribution in [3.63, 3.8) is 0 Å². The number of rotatable bonds is 4.